The lowest BCUT2D eigenvalue weighted by Gasteiger charge is -2.23. The van der Waals surface area contributed by atoms with E-state index in [-0.39, 0.29) is 12.0 Å². The molecule has 0 fully saturated rings. The summed E-state index contributed by atoms with van der Waals surface area (Å²) in [4.78, 5) is 0. The number of aliphatic hydroxyl groups excluding tert-OH is 1. The largest absolute Gasteiger partial charge is 0.382 e. The van der Waals surface area contributed by atoms with Crippen LogP contribution in [0.15, 0.2) is 84.9 Å². The maximum atomic E-state index is 14.4. The van der Waals surface area contributed by atoms with E-state index >= 15 is 0 Å². The second-order valence-electron chi connectivity index (χ2n) is 6.49. The summed E-state index contributed by atoms with van der Waals surface area (Å²) in [6.45, 7) is 0. The van der Waals surface area contributed by atoms with E-state index in [4.69, 9.17) is 0 Å². The zero-order chi connectivity index (χ0) is 18.4. The van der Waals surface area contributed by atoms with Crippen molar-refractivity contribution in [3.8, 4) is 11.1 Å². The normalized spacial score (nSPS) is 12.7. The summed E-state index contributed by atoms with van der Waals surface area (Å²) in [5.41, 5.74) is 3.23. The summed E-state index contributed by atoms with van der Waals surface area (Å²) in [6, 6.07) is 26.0. The van der Waals surface area contributed by atoms with Crippen molar-refractivity contribution in [2.75, 3.05) is 0 Å². The quantitative estimate of drug-likeness (QED) is 0.549. The highest BCUT2D eigenvalue weighted by Gasteiger charge is 2.38. The molecule has 0 aliphatic heterocycles. The Hall–Kier alpha value is -2.52. The molecule has 0 heterocycles. The van der Waals surface area contributed by atoms with Crippen molar-refractivity contribution in [3.05, 3.63) is 96.1 Å². The topological polar surface area (TPSA) is 20.2 Å². The third-order valence-electron chi connectivity index (χ3n) is 4.55. The van der Waals surface area contributed by atoms with Crippen LogP contribution in [-0.2, 0) is 6.42 Å². The summed E-state index contributed by atoms with van der Waals surface area (Å²) in [5, 5.41) is 10.2. The molecule has 0 saturated heterocycles. The molecule has 0 aromatic heterocycles. The van der Waals surface area contributed by atoms with Gasteiger partial charge in [-0.05, 0) is 35.1 Å². The number of aryl methyl sites for hydroxylation is 1. The van der Waals surface area contributed by atoms with Gasteiger partial charge in [-0.1, -0.05) is 84.9 Å². The molecule has 134 valence electrons. The highest BCUT2D eigenvalue weighted by atomic mass is 19.3. The number of benzene rings is 3. The van der Waals surface area contributed by atoms with Crippen molar-refractivity contribution in [1.29, 1.82) is 0 Å². The molecule has 3 heteroatoms. The fraction of sp³-hybridized carbons (Fsp3) is 0.217. The number of hydrogen-bond acceptors (Lipinski definition) is 1. The van der Waals surface area contributed by atoms with Crippen molar-refractivity contribution < 1.29 is 13.9 Å². The molecule has 1 unspecified atom stereocenters. The Morgan fingerprint density at radius 1 is 0.731 bits per heavy atom. The zero-order valence-corrected chi connectivity index (χ0v) is 14.5. The summed E-state index contributed by atoms with van der Waals surface area (Å²) >= 11 is 0. The van der Waals surface area contributed by atoms with Crippen LogP contribution in [0.25, 0.3) is 11.1 Å². The molecular weight excluding hydrogens is 330 g/mol. The monoisotopic (exact) mass is 352 g/mol. The Balaban J connectivity index is 1.62. The van der Waals surface area contributed by atoms with Crippen molar-refractivity contribution in [3.63, 3.8) is 0 Å². The molecule has 1 N–H and O–H groups in total. The van der Waals surface area contributed by atoms with Gasteiger partial charge < -0.3 is 5.11 Å². The van der Waals surface area contributed by atoms with Crippen LogP contribution in [0, 0.1) is 0 Å². The van der Waals surface area contributed by atoms with Gasteiger partial charge in [-0.2, -0.15) is 0 Å². The van der Waals surface area contributed by atoms with Crippen molar-refractivity contribution in [2.45, 2.75) is 31.3 Å². The maximum Gasteiger partial charge on any atom is 0.277 e. The molecule has 1 nitrogen and oxygen atoms in total. The lowest BCUT2D eigenvalue weighted by Crippen LogP contribution is -2.26. The Bertz CT molecular complexity index is 799. The first-order valence-corrected chi connectivity index (χ1v) is 8.81. The molecule has 0 bridgehead atoms. The smallest absolute Gasteiger partial charge is 0.277 e. The lowest BCUT2D eigenvalue weighted by molar-refractivity contribution is -0.116. The molecule has 0 aliphatic carbocycles. The summed E-state index contributed by atoms with van der Waals surface area (Å²) in [6.07, 6.45) is -1.22. The molecule has 3 aromatic carbocycles. The van der Waals surface area contributed by atoms with E-state index in [0.717, 1.165) is 16.7 Å². The van der Waals surface area contributed by atoms with Gasteiger partial charge in [-0.25, -0.2) is 8.78 Å². The Kier molecular flexibility index (Phi) is 5.79. The Labute approximate surface area is 152 Å². The average molecular weight is 352 g/mol. The Morgan fingerprint density at radius 2 is 1.27 bits per heavy atom. The predicted molar refractivity (Wildman–Crippen MR) is 101 cm³/mol. The molecule has 26 heavy (non-hydrogen) atoms. The van der Waals surface area contributed by atoms with Gasteiger partial charge >= 0.3 is 0 Å². The second kappa shape index (κ2) is 8.24. The third kappa shape index (κ3) is 4.55. The standard InChI is InChI=1S/C23H22F2O/c24-23(25,17-7-10-18-8-3-1-4-9-18)22(26)21-15-13-20(14-16-21)19-11-5-2-6-12-19/h1-6,8-9,11-16,22,26H,7,10,17H2. The van der Waals surface area contributed by atoms with Crippen LogP contribution in [-0.4, -0.2) is 11.0 Å². The number of aliphatic hydroxyl groups is 1. The van der Waals surface area contributed by atoms with Crippen LogP contribution in [0.2, 0.25) is 0 Å². The van der Waals surface area contributed by atoms with Gasteiger partial charge in [0.15, 0.2) is 0 Å². The average Bonchev–Trinajstić information content (AvgIpc) is 2.69. The van der Waals surface area contributed by atoms with Crippen LogP contribution < -0.4 is 0 Å². The molecule has 0 aliphatic rings. The summed E-state index contributed by atoms with van der Waals surface area (Å²) < 4.78 is 28.8. The van der Waals surface area contributed by atoms with Crippen molar-refractivity contribution in [2.24, 2.45) is 0 Å². The third-order valence-corrected chi connectivity index (χ3v) is 4.55. The van der Waals surface area contributed by atoms with E-state index in [9.17, 15) is 13.9 Å². The van der Waals surface area contributed by atoms with Crippen LogP contribution in [0.4, 0.5) is 8.78 Å². The molecule has 0 amide bonds. The number of halogens is 2. The first-order valence-electron chi connectivity index (χ1n) is 8.81. The van der Waals surface area contributed by atoms with Gasteiger partial charge in [0.25, 0.3) is 5.92 Å². The van der Waals surface area contributed by atoms with Gasteiger partial charge in [-0.3, -0.25) is 0 Å². The minimum Gasteiger partial charge on any atom is -0.382 e. The van der Waals surface area contributed by atoms with Crippen LogP contribution >= 0.6 is 0 Å². The van der Waals surface area contributed by atoms with Gasteiger partial charge in [0.2, 0.25) is 0 Å². The molecule has 3 rings (SSSR count). The molecule has 0 saturated carbocycles. The molecule has 1 atom stereocenters. The Morgan fingerprint density at radius 3 is 1.88 bits per heavy atom. The van der Waals surface area contributed by atoms with E-state index in [2.05, 4.69) is 0 Å². The predicted octanol–water partition coefficient (Wildman–Crippen LogP) is 6.05. The fourth-order valence-electron chi connectivity index (χ4n) is 3.04. The van der Waals surface area contributed by atoms with Crippen molar-refractivity contribution in [1.82, 2.24) is 0 Å². The van der Waals surface area contributed by atoms with Gasteiger partial charge in [0.1, 0.15) is 6.10 Å². The lowest BCUT2D eigenvalue weighted by atomic mass is 9.96. The first kappa shape index (κ1) is 18.3. The minimum absolute atomic E-state index is 0.245. The summed E-state index contributed by atoms with van der Waals surface area (Å²) in [5.74, 6) is -3.15. The fourth-order valence-corrected chi connectivity index (χ4v) is 3.04. The minimum atomic E-state index is -3.15. The van der Waals surface area contributed by atoms with Crippen LogP contribution in [0.5, 0.6) is 0 Å². The van der Waals surface area contributed by atoms with Crippen molar-refractivity contribution >= 4 is 0 Å². The second-order valence-corrected chi connectivity index (χ2v) is 6.49. The van der Waals surface area contributed by atoms with Gasteiger partial charge in [-0.15, -0.1) is 0 Å². The molecular formula is C23H22F2O. The highest BCUT2D eigenvalue weighted by molar-refractivity contribution is 5.63. The molecule has 0 radical (unpaired) electrons. The van der Waals surface area contributed by atoms with E-state index in [1.807, 2.05) is 60.7 Å². The molecule has 0 spiro atoms. The van der Waals surface area contributed by atoms with Crippen LogP contribution in [0.1, 0.15) is 30.1 Å². The SMILES string of the molecule is OC(c1ccc(-c2ccccc2)cc1)C(F)(F)CCCc1ccccc1. The van der Waals surface area contributed by atoms with Crippen LogP contribution in [0.3, 0.4) is 0 Å². The van der Waals surface area contributed by atoms with E-state index in [1.165, 1.54) is 0 Å². The van der Waals surface area contributed by atoms with E-state index in [1.54, 1.807) is 24.3 Å². The van der Waals surface area contributed by atoms with E-state index < -0.39 is 12.0 Å². The molecule has 3 aromatic rings. The highest BCUT2D eigenvalue weighted by Crippen LogP contribution is 2.36. The number of hydrogen-bond donors (Lipinski definition) is 1. The maximum absolute atomic E-state index is 14.4. The number of rotatable bonds is 7. The van der Waals surface area contributed by atoms with Gasteiger partial charge in [0, 0.05) is 6.42 Å². The first-order chi connectivity index (χ1) is 12.6. The number of alkyl halides is 2. The van der Waals surface area contributed by atoms with Gasteiger partial charge in [0.05, 0.1) is 0 Å². The summed E-state index contributed by atoms with van der Waals surface area (Å²) in [7, 11) is 0. The zero-order valence-electron chi connectivity index (χ0n) is 14.5. The van der Waals surface area contributed by atoms with E-state index in [0.29, 0.717) is 12.8 Å².